The van der Waals surface area contributed by atoms with Gasteiger partial charge in [0.25, 0.3) is 5.91 Å². The van der Waals surface area contributed by atoms with Crippen LogP contribution in [0.4, 0.5) is 5.69 Å². The summed E-state index contributed by atoms with van der Waals surface area (Å²) in [5.41, 5.74) is 2.58. The van der Waals surface area contributed by atoms with Crippen molar-refractivity contribution in [1.29, 1.82) is 0 Å². The largest absolute Gasteiger partial charge is 0.406 e. The number of nitrogens with zero attached hydrogens (tertiary/aromatic N) is 2. The molecule has 33 heavy (non-hydrogen) atoms. The van der Waals surface area contributed by atoms with E-state index in [1.54, 1.807) is 12.2 Å². The number of rotatable bonds is 4. The molecule has 170 valence electrons. The molecule has 7 nitrogen and oxygen atoms in total. The highest BCUT2D eigenvalue weighted by Crippen LogP contribution is 2.54. The van der Waals surface area contributed by atoms with E-state index in [1.165, 1.54) is 16.7 Å². The van der Waals surface area contributed by atoms with Crippen molar-refractivity contribution >= 4 is 50.0 Å². The molecule has 0 saturated carbocycles. The number of quaternary nitrogens is 1. The van der Waals surface area contributed by atoms with Crippen molar-refractivity contribution in [3.63, 3.8) is 0 Å². The van der Waals surface area contributed by atoms with Gasteiger partial charge in [-0.25, -0.2) is 4.48 Å². The van der Waals surface area contributed by atoms with Crippen LogP contribution in [0.3, 0.4) is 0 Å². The topological polar surface area (TPSA) is 83.9 Å². The molecule has 2 unspecified atom stereocenters. The highest BCUT2D eigenvalue weighted by Gasteiger charge is 2.63. The minimum Gasteiger partial charge on any atom is -0.406 e. The van der Waals surface area contributed by atoms with Crippen molar-refractivity contribution in [2.45, 2.75) is 18.7 Å². The van der Waals surface area contributed by atoms with Crippen LogP contribution in [0.5, 0.6) is 5.75 Å². The van der Waals surface area contributed by atoms with E-state index in [4.69, 9.17) is 17.0 Å². The lowest BCUT2D eigenvalue weighted by molar-refractivity contribution is -0.122. The molecule has 2 atom stereocenters. The molecule has 5 rings (SSSR count). The summed E-state index contributed by atoms with van der Waals surface area (Å²) < 4.78 is 41.0. The number of ether oxygens (including phenoxy) is 1. The monoisotopic (exact) mass is 501 g/mol. The second kappa shape index (κ2) is 8.07. The quantitative estimate of drug-likeness (QED) is 0.290. The molecule has 0 aliphatic carbocycles. The number of allylic oxidation sites excluding steroid dienone is 2. The molecule has 1 spiro atoms. The highest BCUT2D eigenvalue weighted by molar-refractivity contribution is 8.26. The van der Waals surface area contributed by atoms with Gasteiger partial charge in [-0.15, -0.1) is 0 Å². The molecular weight excluding hydrogens is 480 g/mol. The lowest BCUT2D eigenvalue weighted by Crippen LogP contribution is -2.67. The molecule has 2 aromatic rings. The predicted octanol–water partition coefficient (Wildman–Crippen LogP) is 4.28. The maximum absolute atomic E-state index is 12.6. The molecule has 2 aromatic carbocycles. The first-order valence-corrected chi connectivity index (χ1v) is 13.2. The Balaban J connectivity index is 1.61. The van der Waals surface area contributed by atoms with Gasteiger partial charge in [-0.05, 0) is 30.2 Å². The van der Waals surface area contributed by atoms with E-state index >= 15 is 0 Å². The molecule has 1 amide bonds. The second-order valence-corrected chi connectivity index (χ2v) is 11.2. The Hall–Kier alpha value is -2.50. The molecular formula is C23H21N2O5S3+. The summed E-state index contributed by atoms with van der Waals surface area (Å²) in [7, 11) is -4.35. The first kappa shape index (κ1) is 22.3. The van der Waals surface area contributed by atoms with E-state index < -0.39 is 15.5 Å². The molecule has 0 aromatic heterocycles. The Morgan fingerprint density at radius 1 is 1.21 bits per heavy atom. The van der Waals surface area contributed by atoms with Crippen molar-refractivity contribution in [1.82, 2.24) is 9.38 Å². The van der Waals surface area contributed by atoms with Gasteiger partial charge in [0, 0.05) is 18.7 Å². The standard InChI is InChI=1S/C23H20N2O5S3/c1-2-24-22(26)19(32-23(24)31)10-11-20-25(13-12-21(25)33(27,28)29)17-14-16(8-9-18(17)30-20)15-6-4-3-5-7-15/h3-11,14,21H,2,12-13H2,1H3/p+1. The summed E-state index contributed by atoms with van der Waals surface area (Å²) >= 11 is 6.47. The summed E-state index contributed by atoms with van der Waals surface area (Å²) in [6, 6.07) is 15.4. The van der Waals surface area contributed by atoms with Crippen molar-refractivity contribution in [2.24, 2.45) is 0 Å². The summed E-state index contributed by atoms with van der Waals surface area (Å²) in [6.45, 7) is 2.78. The average Bonchev–Trinajstić information content (AvgIpc) is 3.24. The minimum absolute atomic E-state index is 0.139. The zero-order chi connectivity index (χ0) is 23.4. The molecule has 3 aliphatic heterocycles. The Bertz CT molecular complexity index is 1340. The molecule has 3 heterocycles. The number of thiocarbonyl (C=S) groups is 1. The van der Waals surface area contributed by atoms with Crippen LogP contribution in [0.25, 0.3) is 11.1 Å². The van der Waals surface area contributed by atoms with Crippen LogP contribution in [-0.4, -0.2) is 46.6 Å². The molecule has 2 saturated heterocycles. The van der Waals surface area contributed by atoms with Crippen LogP contribution in [0.2, 0.25) is 0 Å². The van der Waals surface area contributed by atoms with Crippen LogP contribution >= 0.6 is 24.0 Å². The van der Waals surface area contributed by atoms with Gasteiger partial charge in [-0.1, -0.05) is 60.4 Å². The normalized spacial score (nSPS) is 26.7. The Morgan fingerprint density at radius 2 is 1.97 bits per heavy atom. The van der Waals surface area contributed by atoms with Crippen molar-refractivity contribution < 1.29 is 22.5 Å². The lowest BCUT2D eigenvalue weighted by Gasteiger charge is -2.45. The first-order valence-electron chi connectivity index (χ1n) is 10.4. The summed E-state index contributed by atoms with van der Waals surface area (Å²) in [6.07, 6.45) is 3.54. The van der Waals surface area contributed by atoms with Crippen molar-refractivity contribution in [3.05, 3.63) is 71.5 Å². The SMILES string of the molecule is CCN1C(=O)C(=CC=C2Oc3ccc(-c4ccccc4)cc3[N+]23CCC3S(=O)(=O)O)SC1=S. The summed E-state index contributed by atoms with van der Waals surface area (Å²) in [5, 5.41) is -1.07. The van der Waals surface area contributed by atoms with E-state index in [0.29, 0.717) is 46.1 Å². The fourth-order valence-electron chi connectivity index (χ4n) is 4.54. The fraction of sp³-hybridized carbons (Fsp3) is 0.217. The van der Waals surface area contributed by atoms with E-state index in [0.717, 1.165) is 11.1 Å². The smallest absolute Gasteiger partial charge is 0.320 e. The number of likely N-dealkylation sites (N-methyl/N-ethyl adjacent to an activating group) is 1. The van der Waals surface area contributed by atoms with Gasteiger partial charge >= 0.3 is 16.0 Å². The van der Waals surface area contributed by atoms with Crippen LogP contribution < -0.4 is 9.22 Å². The van der Waals surface area contributed by atoms with Crippen LogP contribution in [-0.2, 0) is 14.9 Å². The molecule has 0 bridgehead atoms. The van der Waals surface area contributed by atoms with Gasteiger partial charge in [0.05, 0.1) is 17.9 Å². The van der Waals surface area contributed by atoms with E-state index in [9.17, 15) is 17.8 Å². The van der Waals surface area contributed by atoms with Gasteiger partial charge < -0.3 is 4.74 Å². The average molecular weight is 502 g/mol. The number of fused-ring (bicyclic) bond motifs is 2. The Morgan fingerprint density at radius 3 is 2.58 bits per heavy atom. The number of hydrogen-bond acceptors (Lipinski definition) is 6. The van der Waals surface area contributed by atoms with Crippen molar-refractivity contribution in [2.75, 3.05) is 13.1 Å². The van der Waals surface area contributed by atoms with E-state index in [2.05, 4.69) is 0 Å². The zero-order valence-corrected chi connectivity index (χ0v) is 20.1. The van der Waals surface area contributed by atoms with E-state index in [-0.39, 0.29) is 10.4 Å². The molecule has 1 N–H and O–H groups in total. The number of thioether (sulfide) groups is 1. The molecule has 3 aliphatic rings. The van der Waals surface area contributed by atoms with Crippen molar-refractivity contribution in [3.8, 4) is 16.9 Å². The number of carbonyl (C=O) groups excluding carboxylic acids is 1. The van der Waals surface area contributed by atoms with Crippen LogP contribution in [0.1, 0.15) is 13.3 Å². The number of amides is 1. The van der Waals surface area contributed by atoms with Gasteiger partial charge in [-0.2, -0.15) is 8.42 Å². The van der Waals surface area contributed by atoms with Gasteiger partial charge in [0.2, 0.25) is 5.37 Å². The first-order chi connectivity index (χ1) is 15.8. The van der Waals surface area contributed by atoms with Crippen LogP contribution in [0, 0.1) is 0 Å². The third-order valence-corrected chi connectivity index (χ3v) is 8.91. The van der Waals surface area contributed by atoms with Gasteiger partial charge in [0.15, 0.2) is 11.4 Å². The molecule has 10 heteroatoms. The third kappa shape index (κ3) is 3.53. The molecule has 2 fully saturated rings. The minimum atomic E-state index is -4.35. The number of carbonyl (C=O) groups is 1. The fourth-order valence-corrected chi connectivity index (χ4v) is 7.04. The highest BCUT2D eigenvalue weighted by atomic mass is 32.2. The second-order valence-electron chi connectivity index (χ2n) is 7.95. The number of benzene rings is 2. The van der Waals surface area contributed by atoms with E-state index in [1.807, 2.05) is 55.5 Å². The van der Waals surface area contributed by atoms with Gasteiger partial charge in [-0.3, -0.25) is 14.2 Å². The lowest BCUT2D eigenvalue weighted by atomic mass is 10.0. The summed E-state index contributed by atoms with van der Waals surface area (Å²) in [4.78, 5) is 14.5. The Labute approximate surface area is 201 Å². The third-order valence-electron chi connectivity index (χ3n) is 6.24. The predicted molar refractivity (Wildman–Crippen MR) is 133 cm³/mol. The van der Waals surface area contributed by atoms with Crippen LogP contribution in [0.15, 0.2) is 71.5 Å². The maximum Gasteiger partial charge on any atom is 0.320 e. The maximum atomic E-state index is 12.6. The zero-order valence-electron chi connectivity index (χ0n) is 17.7. The number of hydrogen-bond donors (Lipinski definition) is 1. The van der Waals surface area contributed by atoms with Gasteiger partial charge in [0.1, 0.15) is 4.32 Å². The molecule has 0 radical (unpaired) electrons. The Kier molecular flexibility index (Phi) is 5.45. The summed E-state index contributed by atoms with van der Waals surface area (Å²) in [5.74, 6) is 0.697.